The standard InChI is InChI=1S/C13H15BrO3/c14-11-3-1-2-10(8-11)9-13(12(15)16)4-6-17-7-5-13/h1-3,8H,4-7,9H2,(H,15,16). The zero-order valence-corrected chi connectivity index (χ0v) is 11.1. The van der Waals surface area contributed by atoms with Gasteiger partial charge in [0.25, 0.3) is 0 Å². The molecule has 1 aromatic carbocycles. The Bertz CT molecular complexity index is 411. The molecule has 1 heterocycles. The third-order valence-electron chi connectivity index (χ3n) is 3.34. The molecule has 0 saturated carbocycles. The predicted octanol–water partition coefficient (Wildman–Crippen LogP) is 2.87. The van der Waals surface area contributed by atoms with Gasteiger partial charge in [0.15, 0.2) is 0 Å². The maximum Gasteiger partial charge on any atom is 0.310 e. The molecule has 0 spiro atoms. The summed E-state index contributed by atoms with van der Waals surface area (Å²) in [7, 11) is 0. The van der Waals surface area contributed by atoms with Crippen molar-refractivity contribution in [2.24, 2.45) is 5.41 Å². The first-order chi connectivity index (χ1) is 8.12. The highest BCUT2D eigenvalue weighted by Crippen LogP contribution is 2.35. The molecule has 17 heavy (non-hydrogen) atoms. The molecule has 1 aromatic rings. The van der Waals surface area contributed by atoms with Crippen LogP contribution < -0.4 is 0 Å². The van der Waals surface area contributed by atoms with Crippen LogP contribution >= 0.6 is 15.9 Å². The number of hydrogen-bond acceptors (Lipinski definition) is 2. The fourth-order valence-corrected chi connectivity index (χ4v) is 2.71. The van der Waals surface area contributed by atoms with Gasteiger partial charge >= 0.3 is 5.97 Å². The van der Waals surface area contributed by atoms with Crippen molar-refractivity contribution in [3.8, 4) is 0 Å². The number of carbonyl (C=O) groups is 1. The van der Waals surface area contributed by atoms with Crippen LogP contribution in [0.1, 0.15) is 18.4 Å². The lowest BCUT2D eigenvalue weighted by Gasteiger charge is -2.33. The Morgan fingerprint density at radius 1 is 1.41 bits per heavy atom. The van der Waals surface area contributed by atoms with Gasteiger partial charge in [-0.1, -0.05) is 28.1 Å². The fraction of sp³-hybridized carbons (Fsp3) is 0.462. The lowest BCUT2D eigenvalue weighted by Crippen LogP contribution is -2.39. The van der Waals surface area contributed by atoms with E-state index in [1.807, 2.05) is 24.3 Å². The summed E-state index contributed by atoms with van der Waals surface area (Å²) in [5, 5.41) is 9.45. The Kier molecular flexibility index (Phi) is 3.84. The van der Waals surface area contributed by atoms with Gasteiger partial charge in [-0.2, -0.15) is 0 Å². The molecule has 92 valence electrons. The first-order valence-corrected chi connectivity index (χ1v) is 6.47. The zero-order valence-electron chi connectivity index (χ0n) is 9.49. The molecule has 0 radical (unpaired) electrons. The number of carboxylic acids is 1. The topological polar surface area (TPSA) is 46.5 Å². The van der Waals surface area contributed by atoms with Crippen LogP contribution in [0.2, 0.25) is 0 Å². The van der Waals surface area contributed by atoms with Gasteiger partial charge in [-0.05, 0) is 37.0 Å². The normalized spacial score (nSPS) is 18.9. The molecule has 0 amide bonds. The number of benzene rings is 1. The van der Waals surface area contributed by atoms with E-state index in [1.165, 1.54) is 0 Å². The van der Waals surface area contributed by atoms with E-state index in [9.17, 15) is 9.90 Å². The largest absolute Gasteiger partial charge is 0.481 e. The van der Waals surface area contributed by atoms with Gasteiger partial charge in [0.2, 0.25) is 0 Å². The number of rotatable bonds is 3. The Morgan fingerprint density at radius 2 is 2.12 bits per heavy atom. The van der Waals surface area contributed by atoms with E-state index in [-0.39, 0.29) is 0 Å². The number of carboxylic acid groups (broad SMARTS) is 1. The smallest absolute Gasteiger partial charge is 0.310 e. The number of hydrogen-bond donors (Lipinski definition) is 1. The maximum absolute atomic E-state index is 11.5. The molecule has 1 aliphatic rings. The molecule has 4 heteroatoms. The van der Waals surface area contributed by atoms with Gasteiger partial charge in [-0.25, -0.2) is 0 Å². The van der Waals surface area contributed by atoms with Crippen molar-refractivity contribution >= 4 is 21.9 Å². The highest BCUT2D eigenvalue weighted by Gasteiger charge is 2.40. The Morgan fingerprint density at radius 3 is 2.71 bits per heavy atom. The SMILES string of the molecule is O=C(O)C1(Cc2cccc(Br)c2)CCOCC1. The van der Waals surface area contributed by atoms with Gasteiger partial charge in [0.1, 0.15) is 0 Å². The number of ether oxygens (including phenoxy) is 1. The summed E-state index contributed by atoms with van der Waals surface area (Å²) in [6, 6.07) is 7.85. The lowest BCUT2D eigenvalue weighted by atomic mass is 9.75. The van der Waals surface area contributed by atoms with Crippen LogP contribution in [0.3, 0.4) is 0 Å². The first kappa shape index (κ1) is 12.6. The zero-order chi connectivity index (χ0) is 12.3. The predicted molar refractivity (Wildman–Crippen MR) is 68.0 cm³/mol. The van der Waals surface area contributed by atoms with Gasteiger partial charge < -0.3 is 9.84 Å². The van der Waals surface area contributed by atoms with E-state index in [0.29, 0.717) is 32.5 Å². The molecule has 0 aromatic heterocycles. The van der Waals surface area contributed by atoms with Gasteiger partial charge in [-0.3, -0.25) is 4.79 Å². The van der Waals surface area contributed by atoms with Crippen molar-refractivity contribution < 1.29 is 14.6 Å². The second kappa shape index (κ2) is 5.19. The lowest BCUT2D eigenvalue weighted by molar-refractivity contribution is -0.154. The second-order valence-corrected chi connectivity index (χ2v) is 5.42. The molecule has 0 atom stereocenters. The summed E-state index contributed by atoms with van der Waals surface area (Å²) < 4.78 is 6.25. The van der Waals surface area contributed by atoms with Gasteiger partial charge in [0.05, 0.1) is 5.41 Å². The van der Waals surface area contributed by atoms with Crippen LogP contribution in [0.15, 0.2) is 28.7 Å². The Labute approximate surface area is 109 Å². The van der Waals surface area contributed by atoms with Crippen molar-refractivity contribution in [3.05, 3.63) is 34.3 Å². The second-order valence-electron chi connectivity index (χ2n) is 4.50. The maximum atomic E-state index is 11.5. The minimum absolute atomic E-state index is 0.542. The minimum atomic E-state index is -0.708. The summed E-state index contributed by atoms with van der Waals surface area (Å²) in [4.78, 5) is 11.5. The van der Waals surface area contributed by atoms with Crippen LogP contribution in [0.4, 0.5) is 0 Å². The summed E-state index contributed by atoms with van der Waals surface area (Å²) in [5.74, 6) is -0.708. The Hall–Kier alpha value is -0.870. The first-order valence-electron chi connectivity index (χ1n) is 5.68. The molecule has 2 rings (SSSR count). The molecule has 0 aliphatic carbocycles. The van der Waals surface area contributed by atoms with Crippen LogP contribution in [0.5, 0.6) is 0 Å². The molecular formula is C13H15BrO3. The third kappa shape index (κ3) is 2.87. The summed E-state index contributed by atoms with van der Waals surface area (Å²) in [5.41, 5.74) is 0.405. The quantitative estimate of drug-likeness (QED) is 0.933. The fourth-order valence-electron chi connectivity index (χ4n) is 2.27. The van der Waals surface area contributed by atoms with Gasteiger partial charge in [-0.15, -0.1) is 0 Å². The van der Waals surface area contributed by atoms with E-state index in [2.05, 4.69) is 15.9 Å². The molecule has 0 unspecified atom stereocenters. The molecule has 1 fully saturated rings. The van der Waals surface area contributed by atoms with E-state index in [4.69, 9.17) is 4.74 Å². The van der Waals surface area contributed by atoms with Crippen molar-refractivity contribution in [1.82, 2.24) is 0 Å². The summed E-state index contributed by atoms with van der Waals surface area (Å²) in [6.07, 6.45) is 1.76. The third-order valence-corrected chi connectivity index (χ3v) is 3.83. The highest BCUT2D eigenvalue weighted by molar-refractivity contribution is 9.10. The van der Waals surface area contributed by atoms with Crippen LogP contribution in [0, 0.1) is 5.41 Å². The van der Waals surface area contributed by atoms with Crippen molar-refractivity contribution in [1.29, 1.82) is 0 Å². The molecule has 1 saturated heterocycles. The molecule has 3 nitrogen and oxygen atoms in total. The van der Waals surface area contributed by atoms with Crippen LogP contribution in [0.25, 0.3) is 0 Å². The number of halogens is 1. The Balaban J connectivity index is 2.20. The van der Waals surface area contributed by atoms with E-state index in [0.717, 1.165) is 10.0 Å². The van der Waals surface area contributed by atoms with E-state index in [1.54, 1.807) is 0 Å². The van der Waals surface area contributed by atoms with Crippen molar-refractivity contribution in [3.63, 3.8) is 0 Å². The summed E-state index contributed by atoms with van der Waals surface area (Å²) >= 11 is 3.41. The van der Waals surface area contributed by atoms with E-state index >= 15 is 0 Å². The molecule has 1 N–H and O–H groups in total. The van der Waals surface area contributed by atoms with Crippen molar-refractivity contribution in [2.45, 2.75) is 19.3 Å². The minimum Gasteiger partial charge on any atom is -0.481 e. The average Bonchev–Trinajstić information content (AvgIpc) is 2.30. The van der Waals surface area contributed by atoms with Gasteiger partial charge in [0, 0.05) is 17.7 Å². The number of aliphatic carboxylic acids is 1. The monoisotopic (exact) mass is 298 g/mol. The highest BCUT2D eigenvalue weighted by atomic mass is 79.9. The average molecular weight is 299 g/mol. The van der Waals surface area contributed by atoms with Crippen LogP contribution in [-0.2, 0) is 16.0 Å². The van der Waals surface area contributed by atoms with Crippen molar-refractivity contribution in [2.75, 3.05) is 13.2 Å². The molecule has 0 bridgehead atoms. The molecular weight excluding hydrogens is 284 g/mol. The summed E-state index contributed by atoms with van der Waals surface area (Å²) in [6.45, 7) is 1.08. The van der Waals surface area contributed by atoms with Crippen LogP contribution in [-0.4, -0.2) is 24.3 Å². The molecule has 1 aliphatic heterocycles. The van der Waals surface area contributed by atoms with E-state index < -0.39 is 11.4 Å².